The number of nitrogens with one attached hydrogen (secondary N) is 1. The van der Waals surface area contributed by atoms with Crippen molar-refractivity contribution in [1.82, 2.24) is 14.8 Å². The van der Waals surface area contributed by atoms with Crippen LogP contribution in [0.4, 0.5) is 29.2 Å². The molecule has 4 rings (SSSR count). The van der Waals surface area contributed by atoms with Gasteiger partial charge in [0.1, 0.15) is 18.0 Å². The number of benzene rings is 2. The first-order chi connectivity index (χ1) is 11.9. The Bertz CT molecular complexity index is 940. The Balaban J connectivity index is 1.62. The Morgan fingerprint density at radius 2 is 1.80 bits per heavy atom. The summed E-state index contributed by atoms with van der Waals surface area (Å²) in [5.74, 6) is -1.86. The third-order valence-corrected chi connectivity index (χ3v) is 3.28. The summed E-state index contributed by atoms with van der Waals surface area (Å²) in [5.41, 5.74) is 0.264. The molecule has 0 amide bonds. The van der Waals surface area contributed by atoms with Gasteiger partial charge in [0.15, 0.2) is 11.5 Å². The molecule has 1 aromatic heterocycles. The zero-order valence-corrected chi connectivity index (χ0v) is 12.2. The molecular formula is C15H8F4N4O2. The predicted molar refractivity (Wildman–Crippen MR) is 77.2 cm³/mol. The van der Waals surface area contributed by atoms with Gasteiger partial charge in [0.25, 0.3) is 0 Å². The molecule has 0 saturated heterocycles. The zero-order valence-electron chi connectivity index (χ0n) is 12.2. The van der Waals surface area contributed by atoms with E-state index in [0.29, 0.717) is 0 Å². The highest BCUT2D eigenvalue weighted by atomic mass is 19.3. The molecule has 0 atom stereocenters. The van der Waals surface area contributed by atoms with Crippen molar-refractivity contribution in [3.8, 4) is 17.2 Å². The molecule has 0 aliphatic carbocycles. The number of ether oxygens (including phenoxy) is 2. The van der Waals surface area contributed by atoms with Gasteiger partial charge in [-0.05, 0) is 24.3 Å². The van der Waals surface area contributed by atoms with Gasteiger partial charge in [0.05, 0.1) is 11.4 Å². The molecule has 1 N–H and O–H groups in total. The molecule has 0 spiro atoms. The summed E-state index contributed by atoms with van der Waals surface area (Å²) >= 11 is 0. The van der Waals surface area contributed by atoms with Crippen molar-refractivity contribution in [2.75, 3.05) is 5.32 Å². The molecule has 1 aliphatic rings. The van der Waals surface area contributed by atoms with E-state index in [-0.39, 0.29) is 28.8 Å². The summed E-state index contributed by atoms with van der Waals surface area (Å²) in [6, 6.07) is 7.13. The Hall–Kier alpha value is -3.30. The summed E-state index contributed by atoms with van der Waals surface area (Å²) in [6.07, 6.45) is -2.54. The van der Waals surface area contributed by atoms with Crippen LogP contribution >= 0.6 is 0 Å². The van der Waals surface area contributed by atoms with Crippen molar-refractivity contribution < 1.29 is 27.0 Å². The smallest absolute Gasteiger partial charge is 0.395 e. The van der Waals surface area contributed by atoms with Crippen molar-refractivity contribution in [3.63, 3.8) is 0 Å². The van der Waals surface area contributed by atoms with E-state index >= 15 is 0 Å². The van der Waals surface area contributed by atoms with Crippen LogP contribution < -0.4 is 14.8 Å². The number of anilines is 2. The van der Waals surface area contributed by atoms with Crippen LogP contribution in [0.15, 0.2) is 42.7 Å². The van der Waals surface area contributed by atoms with Crippen LogP contribution in [0, 0.1) is 11.6 Å². The minimum atomic E-state index is -3.76. The second-order valence-electron chi connectivity index (χ2n) is 5.07. The highest BCUT2D eigenvalue weighted by molar-refractivity contribution is 5.68. The van der Waals surface area contributed by atoms with Crippen LogP contribution in [0.3, 0.4) is 0 Å². The molecule has 0 unspecified atom stereocenters. The topological polar surface area (TPSA) is 61.2 Å². The number of aromatic nitrogens is 3. The molecule has 0 fully saturated rings. The molecule has 0 saturated carbocycles. The molecular weight excluding hydrogens is 344 g/mol. The van der Waals surface area contributed by atoms with Gasteiger partial charge >= 0.3 is 6.29 Å². The van der Waals surface area contributed by atoms with Crippen LogP contribution in [0.5, 0.6) is 11.5 Å². The fourth-order valence-corrected chi connectivity index (χ4v) is 2.30. The maximum absolute atomic E-state index is 13.3. The summed E-state index contributed by atoms with van der Waals surface area (Å²) in [6.45, 7) is 0. The largest absolute Gasteiger partial charge is 0.586 e. The van der Waals surface area contributed by atoms with Gasteiger partial charge in [-0.1, -0.05) is 6.07 Å². The van der Waals surface area contributed by atoms with E-state index < -0.39 is 17.9 Å². The lowest BCUT2D eigenvalue weighted by Gasteiger charge is -2.07. The van der Waals surface area contributed by atoms with Gasteiger partial charge in [-0.15, -0.1) is 13.9 Å². The SMILES string of the molecule is Fc1cc(F)cc(-n2cnc(Nc3cccc4c3OC(F)(F)O4)n2)c1. The number of halogens is 4. The molecule has 1 aliphatic heterocycles. The molecule has 6 nitrogen and oxygen atoms in total. The minimum Gasteiger partial charge on any atom is -0.395 e. The fourth-order valence-electron chi connectivity index (χ4n) is 2.30. The Labute approximate surface area is 137 Å². The fraction of sp³-hybridized carbons (Fsp3) is 0.0667. The molecule has 2 aromatic carbocycles. The number of alkyl halides is 2. The zero-order chi connectivity index (χ0) is 17.6. The summed E-state index contributed by atoms with van der Waals surface area (Å²) < 4.78 is 62.8. The number of hydrogen-bond acceptors (Lipinski definition) is 5. The van der Waals surface area contributed by atoms with Crippen LogP contribution in [-0.4, -0.2) is 21.1 Å². The maximum Gasteiger partial charge on any atom is 0.586 e. The van der Waals surface area contributed by atoms with Gasteiger partial charge in [0, 0.05) is 6.07 Å². The van der Waals surface area contributed by atoms with Crippen LogP contribution in [0.25, 0.3) is 5.69 Å². The van der Waals surface area contributed by atoms with Crippen molar-refractivity contribution in [2.45, 2.75) is 6.29 Å². The summed E-state index contributed by atoms with van der Waals surface area (Å²) in [5, 5.41) is 6.69. The van der Waals surface area contributed by atoms with Gasteiger partial charge < -0.3 is 14.8 Å². The predicted octanol–water partition coefficient (Wildman–Crippen LogP) is 3.61. The van der Waals surface area contributed by atoms with E-state index in [1.54, 1.807) is 0 Å². The van der Waals surface area contributed by atoms with E-state index in [4.69, 9.17) is 0 Å². The Morgan fingerprint density at radius 3 is 2.56 bits per heavy atom. The normalized spacial score (nSPS) is 14.6. The van der Waals surface area contributed by atoms with Crippen molar-refractivity contribution in [2.24, 2.45) is 0 Å². The lowest BCUT2D eigenvalue weighted by molar-refractivity contribution is -0.286. The second-order valence-corrected chi connectivity index (χ2v) is 5.07. The second kappa shape index (κ2) is 5.36. The van der Waals surface area contributed by atoms with Gasteiger partial charge in [-0.3, -0.25) is 0 Å². The number of nitrogens with zero attached hydrogens (tertiary/aromatic N) is 3. The summed E-state index contributed by atoms with van der Waals surface area (Å²) in [4.78, 5) is 3.92. The standard InChI is InChI=1S/C15H8F4N4O2/c16-8-4-9(17)6-10(5-8)23-7-20-14(22-23)21-11-2-1-3-12-13(11)25-15(18,19)24-12/h1-7H,(H,21,22). The van der Waals surface area contributed by atoms with E-state index in [0.717, 1.165) is 22.9 Å². The average molecular weight is 352 g/mol. The average Bonchev–Trinajstić information content (AvgIpc) is 3.09. The third-order valence-electron chi connectivity index (χ3n) is 3.28. The number of hydrogen-bond donors (Lipinski definition) is 1. The van der Waals surface area contributed by atoms with E-state index in [1.807, 2.05) is 0 Å². The Kier molecular flexibility index (Phi) is 3.27. The monoisotopic (exact) mass is 352 g/mol. The number of rotatable bonds is 3. The molecule has 0 radical (unpaired) electrons. The van der Waals surface area contributed by atoms with Crippen LogP contribution in [-0.2, 0) is 0 Å². The van der Waals surface area contributed by atoms with Crippen molar-refractivity contribution in [1.29, 1.82) is 0 Å². The molecule has 128 valence electrons. The van der Waals surface area contributed by atoms with Crippen molar-refractivity contribution >= 4 is 11.6 Å². The van der Waals surface area contributed by atoms with Crippen LogP contribution in [0.2, 0.25) is 0 Å². The number of fused-ring (bicyclic) bond motifs is 1. The molecule has 10 heteroatoms. The first-order valence-electron chi connectivity index (χ1n) is 6.94. The highest BCUT2D eigenvalue weighted by Crippen LogP contribution is 2.46. The van der Waals surface area contributed by atoms with Gasteiger partial charge in [-0.2, -0.15) is 4.98 Å². The van der Waals surface area contributed by atoms with E-state index in [2.05, 4.69) is 24.9 Å². The first-order valence-corrected chi connectivity index (χ1v) is 6.94. The lowest BCUT2D eigenvalue weighted by Crippen LogP contribution is -2.26. The summed E-state index contributed by atoms with van der Waals surface area (Å²) in [7, 11) is 0. The quantitative estimate of drug-likeness (QED) is 0.730. The highest BCUT2D eigenvalue weighted by Gasteiger charge is 2.44. The van der Waals surface area contributed by atoms with Crippen molar-refractivity contribution in [3.05, 3.63) is 54.4 Å². The first kappa shape index (κ1) is 15.2. The molecule has 3 aromatic rings. The van der Waals surface area contributed by atoms with E-state index in [9.17, 15) is 17.6 Å². The van der Waals surface area contributed by atoms with Crippen LogP contribution in [0.1, 0.15) is 0 Å². The molecule has 0 bridgehead atoms. The Morgan fingerprint density at radius 1 is 1.04 bits per heavy atom. The minimum absolute atomic E-state index is 0.0110. The maximum atomic E-state index is 13.3. The molecule has 2 heterocycles. The number of para-hydroxylation sites is 1. The van der Waals surface area contributed by atoms with Gasteiger partial charge in [-0.25, -0.2) is 13.5 Å². The van der Waals surface area contributed by atoms with E-state index in [1.165, 1.54) is 24.5 Å². The van der Waals surface area contributed by atoms with Gasteiger partial charge in [0.2, 0.25) is 5.95 Å². The third kappa shape index (κ3) is 2.93. The molecule has 25 heavy (non-hydrogen) atoms. The lowest BCUT2D eigenvalue weighted by atomic mass is 10.3.